The quantitative estimate of drug-likeness (QED) is 0.424. The Balaban J connectivity index is 2.62. The highest BCUT2D eigenvalue weighted by Gasteiger charge is 2.19. The van der Waals surface area contributed by atoms with Crippen molar-refractivity contribution >= 4 is 21.5 Å². The highest BCUT2D eigenvalue weighted by molar-refractivity contribution is 6.06. The normalized spacial score (nSPS) is 11.9. The summed E-state index contributed by atoms with van der Waals surface area (Å²) >= 11 is 0. The third-order valence-corrected chi connectivity index (χ3v) is 3.53. The molecular formula is C16H14O4. The number of hydrogen-bond donors (Lipinski definition) is 4. The van der Waals surface area contributed by atoms with Crippen LogP contribution in [0.5, 0.6) is 0 Å². The zero-order valence-corrected chi connectivity index (χ0v) is 10.6. The predicted molar refractivity (Wildman–Crippen MR) is 75.8 cm³/mol. The van der Waals surface area contributed by atoms with Crippen LogP contribution >= 0.6 is 0 Å². The molecule has 0 amide bonds. The second-order valence-electron chi connectivity index (χ2n) is 4.67. The van der Waals surface area contributed by atoms with Gasteiger partial charge in [-0.05, 0) is 21.5 Å². The van der Waals surface area contributed by atoms with Crippen LogP contribution in [0.4, 0.5) is 0 Å². The Morgan fingerprint density at radius 1 is 0.500 bits per heavy atom. The third-order valence-electron chi connectivity index (χ3n) is 3.53. The average molecular weight is 270 g/mol. The molecule has 3 aromatic rings. The molecule has 0 heterocycles. The van der Waals surface area contributed by atoms with E-state index in [1.54, 1.807) is 48.5 Å². The monoisotopic (exact) mass is 270 g/mol. The van der Waals surface area contributed by atoms with Crippen molar-refractivity contribution in [2.45, 2.75) is 12.6 Å². The van der Waals surface area contributed by atoms with E-state index in [2.05, 4.69) is 0 Å². The maximum Gasteiger partial charge on any atom is 0.179 e. The third kappa shape index (κ3) is 1.87. The molecule has 0 aromatic heterocycles. The van der Waals surface area contributed by atoms with Gasteiger partial charge in [0.25, 0.3) is 0 Å². The van der Waals surface area contributed by atoms with Crippen LogP contribution in [0.3, 0.4) is 0 Å². The van der Waals surface area contributed by atoms with Gasteiger partial charge in [0, 0.05) is 11.1 Å². The van der Waals surface area contributed by atoms with E-state index in [9.17, 15) is 20.4 Å². The summed E-state index contributed by atoms with van der Waals surface area (Å²) in [4.78, 5) is 0. The lowest BCUT2D eigenvalue weighted by Crippen LogP contribution is -2.04. The lowest BCUT2D eigenvalue weighted by atomic mass is 9.91. The molecule has 3 aromatic carbocycles. The van der Waals surface area contributed by atoms with Crippen molar-refractivity contribution in [1.29, 1.82) is 0 Å². The van der Waals surface area contributed by atoms with E-state index in [-0.39, 0.29) is 0 Å². The molecule has 0 atom stereocenters. The van der Waals surface area contributed by atoms with Gasteiger partial charge < -0.3 is 20.4 Å². The van der Waals surface area contributed by atoms with Crippen molar-refractivity contribution in [2.75, 3.05) is 0 Å². The highest BCUT2D eigenvalue weighted by atomic mass is 16.5. The van der Waals surface area contributed by atoms with Crippen LogP contribution in [0.15, 0.2) is 48.5 Å². The summed E-state index contributed by atoms with van der Waals surface area (Å²) in [7, 11) is 0. The smallest absolute Gasteiger partial charge is 0.179 e. The van der Waals surface area contributed by atoms with Gasteiger partial charge in [0.05, 0.1) is 0 Å². The van der Waals surface area contributed by atoms with E-state index in [4.69, 9.17) is 0 Å². The van der Waals surface area contributed by atoms with Crippen LogP contribution in [0, 0.1) is 0 Å². The average Bonchev–Trinajstić information content (AvgIpc) is 2.43. The van der Waals surface area contributed by atoms with Gasteiger partial charge in [-0.25, -0.2) is 0 Å². The Bertz CT molecular complexity index is 655. The van der Waals surface area contributed by atoms with Crippen LogP contribution < -0.4 is 0 Å². The first-order valence-electron chi connectivity index (χ1n) is 6.26. The molecule has 0 bridgehead atoms. The van der Waals surface area contributed by atoms with E-state index in [1.807, 2.05) is 0 Å². The first-order valence-corrected chi connectivity index (χ1v) is 6.26. The standard InChI is InChI=1S/C16H14O4/c17-15(18)13-9-5-1-2-6-10(9)14(16(19)20)12-8-4-3-7-11(12)13/h1-8,15-20H. The Morgan fingerprint density at radius 3 is 0.950 bits per heavy atom. The molecular weight excluding hydrogens is 256 g/mol. The fraction of sp³-hybridized carbons (Fsp3) is 0.125. The molecule has 0 spiro atoms. The maximum absolute atomic E-state index is 9.68. The van der Waals surface area contributed by atoms with Gasteiger partial charge >= 0.3 is 0 Å². The van der Waals surface area contributed by atoms with Gasteiger partial charge in [-0.3, -0.25) is 0 Å². The van der Waals surface area contributed by atoms with Gasteiger partial charge in [0.15, 0.2) is 12.6 Å². The van der Waals surface area contributed by atoms with Gasteiger partial charge in [-0.1, -0.05) is 48.5 Å². The molecule has 4 heteroatoms. The topological polar surface area (TPSA) is 80.9 Å². The van der Waals surface area contributed by atoms with E-state index < -0.39 is 12.6 Å². The van der Waals surface area contributed by atoms with E-state index in [0.717, 1.165) is 0 Å². The maximum atomic E-state index is 9.68. The van der Waals surface area contributed by atoms with Gasteiger partial charge in [0.2, 0.25) is 0 Å². The summed E-state index contributed by atoms with van der Waals surface area (Å²) < 4.78 is 0. The molecule has 0 unspecified atom stereocenters. The van der Waals surface area contributed by atoms with Crippen LogP contribution in [0.2, 0.25) is 0 Å². The minimum atomic E-state index is -1.63. The summed E-state index contributed by atoms with van der Waals surface area (Å²) in [5.74, 6) is 0. The Hall–Kier alpha value is -1.98. The zero-order chi connectivity index (χ0) is 14.3. The Morgan fingerprint density at radius 2 is 0.750 bits per heavy atom. The lowest BCUT2D eigenvalue weighted by molar-refractivity contribution is -0.0424. The number of fused-ring (bicyclic) bond motifs is 2. The molecule has 0 fully saturated rings. The molecule has 4 N–H and O–H groups in total. The fourth-order valence-corrected chi connectivity index (χ4v) is 2.75. The Kier molecular flexibility index (Phi) is 3.16. The number of hydrogen-bond acceptors (Lipinski definition) is 4. The molecule has 0 saturated carbocycles. The van der Waals surface area contributed by atoms with Gasteiger partial charge in [-0.15, -0.1) is 0 Å². The van der Waals surface area contributed by atoms with E-state index >= 15 is 0 Å². The number of aliphatic hydroxyl groups excluding tert-OH is 2. The minimum Gasteiger partial charge on any atom is -0.364 e. The van der Waals surface area contributed by atoms with Gasteiger partial charge in [0.1, 0.15) is 0 Å². The summed E-state index contributed by atoms with van der Waals surface area (Å²) in [5.41, 5.74) is 0.751. The highest BCUT2D eigenvalue weighted by Crippen LogP contribution is 2.37. The van der Waals surface area contributed by atoms with Crippen molar-refractivity contribution in [3.05, 3.63) is 59.7 Å². The molecule has 102 valence electrons. The summed E-state index contributed by atoms with van der Waals surface area (Å²) in [6, 6.07) is 14.1. The molecule has 0 aliphatic carbocycles. The van der Waals surface area contributed by atoms with Crippen LogP contribution in [0.25, 0.3) is 21.5 Å². The molecule has 3 rings (SSSR count). The second-order valence-corrected chi connectivity index (χ2v) is 4.67. The van der Waals surface area contributed by atoms with Crippen molar-refractivity contribution in [1.82, 2.24) is 0 Å². The second kappa shape index (κ2) is 4.85. The van der Waals surface area contributed by atoms with Crippen LogP contribution in [-0.4, -0.2) is 20.4 Å². The zero-order valence-electron chi connectivity index (χ0n) is 10.6. The SMILES string of the molecule is OC(O)c1c2ccccc2c(C(O)O)c2ccccc12. The van der Waals surface area contributed by atoms with Crippen molar-refractivity contribution in [2.24, 2.45) is 0 Å². The van der Waals surface area contributed by atoms with E-state index in [0.29, 0.717) is 32.7 Å². The molecule has 0 aliphatic heterocycles. The number of benzene rings is 3. The molecule has 0 saturated heterocycles. The van der Waals surface area contributed by atoms with Crippen LogP contribution in [0.1, 0.15) is 23.7 Å². The van der Waals surface area contributed by atoms with Crippen LogP contribution in [-0.2, 0) is 0 Å². The van der Waals surface area contributed by atoms with Gasteiger partial charge in [-0.2, -0.15) is 0 Å². The van der Waals surface area contributed by atoms with E-state index in [1.165, 1.54) is 0 Å². The van der Waals surface area contributed by atoms with Crippen molar-refractivity contribution in [3.8, 4) is 0 Å². The number of rotatable bonds is 2. The molecule has 4 nitrogen and oxygen atoms in total. The minimum absolute atomic E-state index is 0.376. The summed E-state index contributed by atoms with van der Waals surface area (Å²) in [6.45, 7) is 0. The first-order chi connectivity index (χ1) is 9.61. The first kappa shape index (κ1) is 13.0. The largest absolute Gasteiger partial charge is 0.364 e. The summed E-state index contributed by atoms with van der Waals surface area (Å²) in [6.07, 6.45) is -3.26. The predicted octanol–water partition coefficient (Wildman–Crippen LogP) is 1.96. The van der Waals surface area contributed by atoms with Crippen molar-refractivity contribution < 1.29 is 20.4 Å². The summed E-state index contributed by atoms with van der Waals surface area (Å²) in [5, 5.41) is 41.1. The van der Waals surface area contributed by atoms with Crippen molar-refractivity contribution in [3.63, 3.8) is 0 Å². The molecule has 0 radical (unpaired) electrons. The lowest BCUT2D eigenvalue weighted by Gasteiger charge is -2.18. The number of aliphatic hydroxyl groups is 4. The molecule has 20 heavy (non-hydrogen) atoms. The Labute approximate surface area is 115 Å². The molecule has 0 aliphatic rings. The fourth-order valence-electron chi connectivity index (χ4n) is 2.75.